The Morgan fingerprint density at radius 2 is 1.95 bits per heavy atom. The molecule has 0 amide bonds. The third kappa shape index (κ3) is 3.18. The van der Waals surface area contributed by atoms with Crippen molar-refractivity contribution in [1.29, 1.82) is 0 Å². The van der Waals surface area contributed by atoms with Crippen molar-refractivity contribution in [3.63, 3.8) is 0 Å². The van der Waals surface area contributed by atoms with E-state index in [4.69, 9.17) is 22.2 Å². The lowest BCUT2D eigenvalue weighted by atomic mass is 9.93. The minimum Gasteiger partial charge on any atom is -0.496 e. The Bertz CT molecular complexity index is 638. The number of hydrogen-bond donors (Lipinski definition) is 2. The second-order valence-corrected chi connectivity index (χ2v) is 5.40. The molecule has 21 heavy (non-hydrogen) atoms. The summed E-state index contributed by atoms with van der Waals surface area (Å²) >= 11 is 5.97. The molecule has 0 bridgehead atoms. The normalized spacial score (nSPS) is 12.3. The van der Waals surface area contributed by atoms with Crippen molar-refractivity contribution in [2.24, 2.45) is 5.84 Å². The monoisotopic (exact) mass is 308 g/mol. The van der Waals surface area contributed by atoms with E-state index in [9.17, 15) is 4.39 Å². The number of hydrazine groups is 1. The van der Waals surface area contributed by atoms with E-state index in [1.54, 1.807) is 25.3 Å². The Kier molecular flexibility index (Phi) is 4.83. The Morgan fingerprint density at radius 3 is 2.52 bits per heavy atom. The van der Waals surface area contributed by atoms with Crippen molar-refractivity contribution >= 4 is 11.6 Å². The predicted octanol–water partition coefficient (Wildman–Crippen LogP) is 3.66. The van der Waals surface area contributed by atoms with Crippen molar-refractivity contribution in [3.05, 3.63) is 63.4 Å². The molecule has 1 atom stereocenters. The van der Waals surface area contributed by atoms with Crippen molar-refractivity contribution in [3.8, 4) is 5.75 Å². The summed E-state index contributed by atoms with van der Waals surface area (Å²) in [6.07, 6.45) is 0. The summed E-state index contributed by atoms with van der Waals surface area (Å²) in [6, 6.07) is 8.09. The molecule has 112 valence electrons. The third-order valence-corrected chi connectivity index (χ3v) is 3.68. The second-order valence-electron chi connectivity index (χ2n) is 4.96. The minimum absolute atomic E-state index is 0.299. The molecule has 0 radical (unpaired) electrons. The molecule has 3 N–H and O–H groups in total. The highest BCUT2D eigenvalue weighted by atomic mass is 35.5. The molecule has 0 aliphatic heterocycles. The maximum Gasteiger partial charge on any atom is 0.128 e. The Labute approximate surface area is 128 Å². The zero-order valence-electron chi connectivity index (χ0n) is 12.2. The molecule has 0 spiro atoms. The number of nitrogens with one attached hydrogen (secondary N) is 1. The Balaban J connectivity index is 2.60. The van der Waals surface area contributed by atoms with Crippen LogP contribution in [0, 0.1) is 19.7 Å². The lowest BCUT2D eigenvalue weighted by Crippen LogP contribution is -2.30. The molecule has 2 rings (SSSR count). The second kappa shape index (κ2) is 6.43. The van der Waals surface area contributed by atoms with E-state index in [2.05, 4.69) is 5.43 Å². The van der Waals surface area contributed by atoms with E-state index in [1.165, 1.54) is 6.07 Å². The first kappa shape index (κ1) is 15.8. The summed E-state index contributed by atoms with van der Waals surface area (Å²) in [7, 11) is 1.54. The number of nitrogens with two attached hydrogens (primary N) is 1. The van der Waals surface area contributed by atoms with Crippen LogP contribution in [-0.4, -0.2) is 7.11 Å². The van der Waals surface area contributed by atoms with Gasteiger partial charge >= 0.3 is 0 Å². The van der Waals surface area contributed by atoms with Crippen LogP contribution in [0.15, 0.2) is 30.3 Å². The van der Waals surface area contributed by atoms with Gasteiger partial charge in [0.25, 0.3) is 0 Å². The minimum atomic E-state index is -0.516. The van der Waals surface area contributed by atoms with E-state index in [0.29, 0.717) is 16.3 Å². The number of methoxy groups -OCH3 is 1. The van der Waals surface area contributed by atoms with Gasteiger partial charge < -0.3 is 4.74 Å². The SMILES string of the molecule is COc1cc(Cl)ccc1C(NN)c1c(C)cc(C)cc1F. The molecule has 2 aromatic carbocycles. The van der Waals surface area contributed by atoms with Gasteiger partial charge in [-0.1, -0.05) is 23.7 Å². The van der Waals surface area contributed by atoms with Gasteiger partial charge in [0.15, 0.2) is 0 Å². The van der Waals surface area contributed by atoms with Gasteiger partial charge in [-0.15, -0.1) is 0 Å². The van der Waals surface area contributed by atoms with Crippen molar-refractivity contribution in [2.75, 3.05) is 7.11 Å². The molecule has 0 aliphatic rings. The van der Waals surface area contributed by atoms with Crippen LogP contribution < -0.4 is 16.0 Å². The summed E-state index contributed by atoms with van der Waals surface area (Å²) in [6.45, 7) is 3.71. The first-order valence-corrected chi connectivity index (χ1v) is 6.92. The summed E-state index contributed by atoms with van der Waals surface area (Å²) in [5.74, 6) is 5.93. The van der Waals surface area contributed by atoms with E-state index < -0.39 is 6.04 Å². The Hall–Kier alpha value is -1.62. The lowest BCUT2D eigenvalue weighted by molar-refractivity contribution is 0.403. The zero-order valence-corrected chi connectivity index (χ0v) is 13.0. The van der Waals surface area contributed by atoms with E-state index in [1.807, 2.05) is 19.9 Å². The molecule has 0 fully saturated rings. The fraction of sp³-hybridized carbons (Fsp3) is 0.250. The maximum atomic E-state index is 14.4. The van der Waals surface area contributed by atoms with E-state index in [0.717, 1.165) is 16.7 Å². The van der Waals surface area contributed by atoms with Gasteiger partial charge in [0.05, 0.1) is 13.2 Å². The van der Waals surface area contributed by atoms with Gasteiger partial charge in [0, 0.05) is 16.1 Å². The molecule has 0 saturated carbocycles. The zero-order chi connectivity index (χ0) is 15.6. The number of rotatable bonds is 4. The van der Waals surface area contributed by atoms with Gasteiger partial charge in [-0.05, 0) is 43.2 Å². The number of hydrogen-bond acceptors (Lipinski definition) is 3. The van der Waals surface area contributed by atoms with Gasteiger partial charge in [-0.25, -0.2) is 9.82 Å². The van der Waals surface area contributed by atoms with Crippen LogP contribution >= 0.6 is 11.6 Å². The van der Waals surface area contributed by atoms with Gasteiger partial charge in [0.2, 0.25) is 0 Å². The van der Waals surface area contributed by atoms with Crippen LogP contribution in [0.5, 0.6) is 5.75 Å². The predicted molar refractivity (Wildman–Crippen MR) is 83.0 cm³/mol. The molecular weight excluding hydrogens is 291 g/mol. The van der Waals surface area contributed by atoms with Crippen LogP contribution in [-0.2, 0) is 0 Å². The fourth-order valence-corrected chi connectivity index (χ4v) is 2.71. The summed E-state index contributed by atoms with van der Waals surface area (Å²) in [5.41, 5.74) is 5.60. The van der Waals surface area contributed by atoms with Crippen LogP contribution in [0.2, 0.25) is 5.02 Å². The van der Waals surface area contributed by atoms with Gasteiger partial charge in [-0.2, -0.15) is 0 Å². The quantitative estimate of drug-likeness (QED) is 0.669. The molecule has 2 aromatic rings. The maximum absolute atomic E-state index is 14.4. The number of benzene rings is 2. The van der Waals surface area contributed by atoms with Crippen LogP contribution in [0.25, 0.3) is 0 Å². The lowest BCUT2D eigenvalue weighted by Gasteiger charge is -2.22. The molecule has 5 heteroatoms. The average Bonchev–Trinajstić information content (AvgIpc) is 2.43. The van der Waals surface area contributed by atoms with Gasteiger partial charge in [-0.3, -0.25) is 5.84 Å². The summed E-state index contributed by atoms with van der Waals surface area (Å²) in [4.78, 5) is 0. The largest absolute Gasteiger partial charge is 0.496 e. The van der Waals surface area contributed by atoms with Crippen molar-refractivity contribution < 1.29 is 9.13 Å². The van der Waals surface area contributed by atoms with Crippen LogP contribution in [0.1, 0.15) is 28.3 Å². The third-order valence-electron chi connectivity index (χ3n) is 3.44. The molecule has 1 unspecified atom stereocenters. The average molecular weight is 309 g/mol. The standard InChI is InChI=1S/C16H18ClFN2O/c1-9-6-10(2)15(13(18)7-9)16(20-19)12-5-4-11(17)8-14(12)21-3/h4-8,16,20H,19H2,1-3H3. The van der Waals surface area contributed by atoms with E-state index >= 15 is 0 Å². The summed E-state index contributed by atoms with van der Waals surface area (Å²) < 4.78 is 19.7. The van der Waals surface area contributed by atoms with Crippen LogP contribution in [0.4, 0.5) is 4.39 Å². The highest BCUT2D eigenvalue weighted by Crippen LogP contribution is 2.34. The molecule has 0 aliphatic carbocycles. The topological polar surface area (TPSA) is 47.3 Å². The Morgan fingerprint density at radius 1 is 1.24 bits per heavy atom. The molecule has 3 nitrogen and oxygen atoms in total. The highest BCUT2D eigenvalue weighted by Gasteiger charge is 2.22. The van der Waals surface area contributed by atoms with Crippen LogP contribution in [0.3, 0.4) is 0 Å². The van der Waals surface area contributed by atoms with Crippen molar-refractivity contribution in [2.45, 2.75) is 19.9 Å². The highest BCUT2D eigenvalue weighted by molar-refractivity contribution is 6.30. The first-order valence-electron chi connectivity index (χ1n) is 6.54. The first-order chi connectivity index (χ1) is 9.97. The molecule has 0 aromatic heterocycles. The molecular formula is C16H18ClFN2O. The van der Waals surface area contributed by atoms with E-state index in [-0.39, 0.29) is 5.82 Å². The van der Waals surface area contributed by atoms with Crippen molar-refractivity contribution in [1.82, 2.24) is 5.43 Å². The number of halogens is 2. The number of aryl methyl sites for hydroxylation is 2. The number of ether oxygens (including phenoxy) is 1. The van der Waals surface area contributed by atoms with Gasteiger partial charge in [0.1, 0.15) is 11.6 Å². The smallest absolute Gasteiger partial charge is 0.128 e. The summed E-state index contributed by atoms with van der Waals surface area (Å²) in [5, 5.41) is 0.549. The molecule has 0 heterocycles. The fourth-order valence-electron chi connectivity index (χ4n) is 2.54. The molecule has 0 saturated heterocycles.